The summed E-state index contributed by atoms with van der Waals surface area (Å²) in [6.07, 6.45) is -1.01. The van der Waals surface area contributed by atoms with Gasteiger partial charge in [0.05, 0.1) is 13.2 Å². The molecule has 0 aromatic heterocycles. The predicted molar refractivity (Wildman–Crippen MR) is 52.6 cm³/mol. The monoisotopic (exact) mass is 232 g/mol. The molecular weight excluding hydrogens is 216 g/mol. The molecule has 1 heterocycles. The molecule has 0 saturated carbocycles. The van der Waals surface area contributed by atoms with Gasteiger partial charge in [-0.15, -0.1) is 0 Å². The Morgan fingerprint density at radius 1 is 1.44 bits per heavy atom. The molecule has 92 valence electrons. The highest BCUT2D eigenvalue weighted by Gasteiger charge is 2.34. The lowest BCUT2D eigenvalue weighted by Crippen LogP contribution is -2.33. The summed E-state index contributed by atoms with van der Waals surface area (Å²) in [7, 11) is 0. The summed E-state index contributed by atoms with van der Waals surface area (Å²) in [5, 5.41) is 9.04. The maximum absolute atomic E-state index is 10.8. The molecule has 0 aromatic carbocycles. The number of carbonyl (C=O) groups is 2. The van der Waals surface area contributed by atoms with Gasteiger partial charge in [-0.25, -0.2) is 0 Å². The first-order chi connectivity index (χ1) is 7.52. The van der Waals surface area contributed by atoms with Gasteiger partial charge in [-0.1, -0.05) is 0 Å². The van der Waals surface area contributed by atoms with Crippen molar-refractivity contribution in [3.63, 3.8) is 0 Å². The van der Waals surface area contributed by atoms with E-state index < -0.39 is 18.2 Å². The molecule has 1 N–H and O–H groups in total. The van der Waals surface area contributed by atoms with Crippen LogP contribution >= 0.6 is 0 Å². The van der Waals surface area contributed by atoms with Crippen LogP contribution in [-0.4, -0.2) is 48.6 Å². The molecule has 0 amide bonds. The minimum atomic E-state index is -0.696. The molecular formula is C10H16O6. The Bertz CT molecular complexity index is 264. The molecule has 0 radical (unpaired) electrons. The Morgan fingerprint density at radius 3 is 2.62 bits per heavy atom. The van der Waals surface area contributed by atoms with Crippen LogP contribution in [0.4, 0.5) is 0 Å². The SMILES string of the molecule is CC(=O)OC1COC(C(CO)OC(C)=O)C1. The zero-order valence-corrected chi connectivity index (χ0v) is 9.34. The van der Waals surface area contributed by atoms with Gasteiger partial charge in [-0.05, 0) is 0 Å². The molecule has 16 heavy (non-hydrogen) atoms. The van der Waals surface area contributed by atoms with Gasteiger partial charge in [0.15, 0.2) is 6.10 Å². The van der Waals surface area contributed by atoms with Crippen molar-refractivity contribution in [2.24, 2.45) is 0 Å². The van der Waals surface area contributed by atoms with Crippen LogP contribution in [0.15, 0.2) is 0 Å². The standard InChI is InChI=1S/C10H16O6/c1-6(12)15-8-3-9(14-5-8)10(4-11)16-7(2)13/h8-11H,3-5H2,1-2H3. The van der Waals surface area contributed by atoms with Crippen LogP contribution in [0.2, 0.25) is 0 Å². The lowest BCUT2D eigenvalue weighted by Gasteiger charge is -2.20. The van der Waals surface area contributed by atoms with Gasteiger partial charge >= 0.3 is 11.9 Å². The molecule has 3 unspecified atom stereocenters. The van der Waals surface area contributed by atoms with Crippen LogP contribution in [0.3, 0.4) is 0 Å². The molecule has 0 aliphatic carbocycles. The van der Waals surface area contributed by atoms with E-state index in [1.54, 1.807) is 0 Å². The lowest BCUT2D eigenvalue weighted by molar-refractivity contribution is -0.156. The molecule has 1 saturated heterocycles. The summed E-state index contributed by atoms with van der Waals surface area (Å²) in [6, 6.07) is 0. The van der Waals surface area contributed by atoms with Crippen LogP contribution in [0.5, 0.6) is 0 Å². The molecule has 1 fully saturated rings. The quantitative estimate of drug-likeness (QED) is 0.666. The number of carbonyl (C=O) groups excluding carboxylic acids is 2. The molecule has 0 aromatic rings. The Labute approximate surface area is 93.5 Å². The molecule has 1 aliphatic rings. The highest BCUT2D eigenvalue weighted by Crippen LogP contribution is 2.21. The number of rotatable bonds is 4. The van der Waals surface area contributed by atoms with Crippen molar-refractivity contribution in [2.75, 3.05) is 13.2 Å². The first-order valence-electron chi connectivity index (χ1n) is 5.09. The minimum absolute atomic E-state index is 0.266. The highest BCUT2D eigenvalue weighted by atomic mass is 16.6. The van der Waals surface area contributed by atoms with Crippen molar-refractivity contribution in [1.82, 2.24) is 0 Å². The zero-order chi connectivity index (χ0) is 12.1. The highest BCUT2D eigenvalue weighted by molar-refractivity contribution is 5.66. The summed E-state index contributed by atoms with van der Waals surface area (Å²) in [5.41, 5.74) is 0. The third-order valence-electron chi connectivity index (χ3n) is 2.24. The predicted octanol–water partition coefficient (Wildman–Crippen LogP) is -0.369. The van der Waals surface area contributed by atoms with E-state index in [0.717, 1.165) is 0 Å². The lowest BCUT2D eigenvalue weighted by atomic mass is 10.1. The van der Waals surface area contributed by atoms with Gasteiger partial charge in [0.2, 0.25) is 0 Å². The number of hydrogen-bond donors (Lipinski definition) is 1. The van der Waals surface area contributed by atoms with Gasteiger partial charge in [0, 0.05) is 20.3 Å². The van der Waals surface area contributed by atoms with Crippen LogP contribution in [0.1, 0.15) is 20.3 Å². The van der Waals surface area contributed by atoms with E-state index in [9.17, 15) is 9.59 Å². The smallest absolute Gasteiger partial charge is 0.303 e. The maximum Gasteiger partial charge on any atom is 0.303 e. The largest absolute Gasteiger partial charge is 0.460 e. The summed E-state index contributed by atoms with van der Waals surface area (Å²) in [4.78, 5) is 21.5. The Hall–Kier alpha value is -1.14. The van der Waals surface area contributed by atoms with Gasteiger partial charge < -0.3 is 19.3 Å². The molecule has 1 aliphatic heterocycles. The number of aliphatic hydroxyl groups excluding tert-OH is 1. The second kappa shape index (κ2) is 5.81. The van der Waals surface area contributed by atoms with Gasteiger partial charge in [0.25, 0.3) is 0 Å². The van der Waals surface area contributed by atoms with E-state index in [-0.39, 0.29) is 25.3 Å². The fourth-order valence-electron chi connectivity index (χ4n) is 1.65. The van der Waals surface area contributed by atoms with Gasteiger partial charge in [-0.2, -0.15) is 0 Å². The summed E-state index contributed by atoms with van der Waals surface area (Å²) in [5.74, 6) is -0.846. The molecule has 6 heteroatoms. The summed E-state index contributed by atoms with van der Waals surface area (Å²) < 4.78 is 15.1. The van der Waals surface area contributed by atoms with E-state index in [1.807, 2.05) is 0 Å². The van der Waals surface area contributed by atoms with Gasteiger partial charge in [-0.3, -0.25) is 9.59 Å². The average molecular weight is 232 g/mol. The number of hydrogen-bond acceptors (Lipinski definition) is 6. The van der Waals surface area contributed by atoms with Crippen molar-refractivity contribution < 1.29 is 28.9 Å². The third-order valence-corrected chi connectivity index (χ3v) is 2.24. The average Bonchev–Trinajstić information content (AvgIpc) is 2.61. The van der Waals surface area contributed by atoms with Crippen molar-refractivity contribution in [3.8, 4) is 0 Å². The molecule has 6 nitrogen and oxygen atoms in total. The topological polar surface area (TPSA) is 82.1 Å². The molecule has 0 bridgehead atoms. The van der Waals surface area contributed by atoms with Crippen LogP contribution < -0.4 is 0 Å². The van der Waals surface area contributed by atoms with Crippen LogP contribution in [0, 0.1) is 0 Å². The second-order valence-corrected chi connectivity index (χ2v) is 3.67. The number of esters is 2. The van der Waals surface area contributed by atoms with Crippen molar-refractivity contribution in [1.29, 1.82) is 0 Å². The van der Waals surface area contributed by atoms with Crippen molar-refractivity contribution in [2.45, 2.75) is 38.6 Å². The Balaban J connectivity index is 2.43. The third kappa shape index (κ3) is 3.79. The Morgan fingerprint density at radius 2 is 2.12 bits per heavy atom. The first kappa shape index (κ1) is 12.9. The fourth-order valence-corrected chi connectivity index (χ4v) is 1.65. The maximum atomic E-state index is 10.8. The minimum Gasteiger partial charge on any atom is -0.460 e. The van der Waals surface area contributed by atoms with Gasteiger partial charge in [0.1, 0.15) is 12.2 Å². The van der Waals surface area contributed by atoms with E-state index in [1.165, 1.54) is 13.8 Å². The van der Waals surface area contributed by atoms with E-state index in [0.29, 0.717) is 6.42 Å². The zero-order valence-electron chi connectivity index (χ0n) is 9.34. The van der Waals surface area contributed by atoms with Crippen LogP contribution in [-0.2, 0) is 23.8 Å². The molecule has 0 spiro atoms. The van der Waals surface area contributed by atoms with E-state index in [2.05, 4.69) is 0 Å². The first-order valence-corrected chi connectivity index (χ1v) is 5.09. The fraction of sp³-hybridized carbons (Fsp3) is 0.800. The van der Waals surface area contributed by atoms with Crippen LogP contribution in [0.25, 0.3) is 0 Å². The summed E-state index contributed by atoms with van der Waals surface area (Å²) >= 11 is 0. The second-order valence-electron chi connectivity index (χ2n) is 3.67. The summed E-state index contributed by atoms with van der Waals surface area (Å²) in [6.45, 7) is 2.54. The number of aliphatic hydroxyl groups is 1. The normalized spacial score (nSPS) is 26.2. The Kier molecular flexibility index (Phi) is 4.70. The molecule has 3 atom stereocenters. The molecule has 1 rings (SSSR count). The number of ether oxygens (including phenoxy) is 3. The van der Waals surface area contributed by atoms with Crippen molar-refractivity contribution in [3.05, 3.63) is 0 Å². The van der Waals surface area contributed by atoms with E-state index >= 15 is 0 Å². The van der Waals surface area contributed by atoms with E-state index in [4.69, 9.17) is 19.3 Å². The van der Waals surface area contributed by atoms with Crippen molar-refractivity contribution >= 4 is 11.9 Å².